The zero-order chi connectivity index (χ0) is 33.6. The van der Waals surface area contributed by atoms with Crippen LogP contribution in [0.5, 0.6) is 0 Å². The SMILES string of the molecule is CC1C=Cc2c(c(-c3ccccc3)c3cc4c(cc3c2-c2cccc3ccccc23)-c2ccc(-c3ccc5ccccc5c3)cc2[Si]4(C)C)C1. The highest BCUT2D eigenvalue weighted by Crippen LogP contribution is 2.48. The molecule has 0 aromatic heterocycles. The predicted molar refractivity (Wildman–Crippen MR) is 219 cm³/mol. The van der Waals surface area contributed by atoms with E-state index in [0.29, 0.717) is 5.92 Å². The number of hydrogen-bond donors (Lipinski definition) is 0. The maximum absolute atomic E-state index is 2.63. The highest BCUT2D eigenvalue weighted by atomic mass is 28.3. The maximum atomic E-state index is 2.63. The van der Waals surface area contributed by atoms with E-state index in [1.807, 2.05) is 0 Å². The van der Waals surface area contributed by atoms with Crippen LogP contribution in [0.1, 0.15) is 18.1 Å². The number of fused-ring (bicyclic) bond motifs is 7. The Hall–Kier alpha value is -5.50. The molecule has 0 nitrogen and oxygen atoms in total. The van der Waals surface area contributed by atoms with Crippen LogP contribution in [0.25, 0.3) is 82.9 Å². The second kappa shape index (κ2) is 11.0. The minimum Gasteiger partial charge on any atom is -0.0807 e. The van der Waals surface area contributed by atoms with Crippen molar-refractivity contribution < 1.29 is 0 Å². The lowest BCUT2D eigenvalue weighted by Crippen LogP contribution is -2.49. The number of benzene rings is 8. The smallest absolute Gasteiger partial charge is 0.0807 e. The van der Waals surface area contributed by atoms with E-state index in [2.05, 4.69) is 178 Å². The van der Waals surface area contributed by atoms with Gasteiger partial charge in [-0.25, -0.2) is 0 Å². The molecule has 0 spiro atoms. The normalized spacial score (nSPS) is 15.7. The Labute approximate surface area is 295 Å². The van der Waals surface area contributed by atoms with Crippen LogP contribution in [0, 0.1) is 5.92 Å². The third kappa shape index (κ3) is 4.36. The van der Waals surface area contributed by atoms with Crippen LogP contribution in [-0.4, -0.2) is 8.07 Å². The summed E-state index contributed by atoms with van der Waals surface area (Å²) in [5.41, 5.74) is 13.7. The monoisotopic (exact) mass is 654 g/mol. The minimum atomic E-state index is -2.04. The van der Waals surface area contributed by atoms with Crippen molar-refractivity contribution in [2.24, 2.45) is 5.92 Å². The number of allylic oxidation sites excluding steroid dienone is 1. The summed E-state index contributed by atoms with van der Waals surface area (Å²) in [5, 5.41) is 11.0. The van der Waals surface area contributed by atoms with Crippen LogP contribution in [0.4, 0.5) is 0 Å². The van der Waals surface area contributed by atoms with Gasteiger partial charge in [-0.1, -0.05) is 166 Å². The standard InChI is InChI=1S/C49H38Si/c1-31-20-24-41-43(26-31)48(34-14-5-4-6-15-34)45-30-47-42(29-44(45)49(41)40-19-11-17-33-13-9-10-18-38(33)40)39-25-23-37(28-46(39)50(47,2)3)36-22-21-32-12-7-8-16-35(32)27-36/h4-25,27-31H,26H2,1-3H3. The van der Waals surface area contributed by atoms with E-state index in [0.717, 1.165) is 6.42 Å². The van der Waals surface area contributed by atoms with Gasteiger partial charge in [0.1, 0.15) is 8.07 Å². The first-order chi connectivity index (χ1) is 24.5. The van der Waals surface area contributed by atoms with Gasteiger partial charge in [0.25, 0.3) is 0 Å². The Bertz CT molecular complexity index is 2710. The molecular formula is C49H38Si. The van der Waals surface area contributed by atoms with Gasteiger partial charge in [0, 0.05) is 0 Å². The minimum absolute atomic E-state index is 0.487. The Morgan fingerprint density at radius 3 is 2.02 bits per heavy atom. The van der Waals surface area contributed by atoms with Crippen LogP contribution < -0.4 is 10.4 Å². The summed E-state index contributed by atoms with van der Waals surface area (Å²) >= 11 is 0. The average Bonchev–Trinajstić information content (AvgIpc) is 3.37. The molecule has 0 radical (unpaired) electrons. The molecule has 238 valence electrons. The Kier molecular flexibility index (Phi) is 6.47. The summed E-state index contributed by atoms with van der Waals surface area (Å²) in [7, 11) is -2.04. The summed E-state index contributed by atoms with van der Waals surface area (Å²) in [6, 6.07) is 55.0. The fourth-order valence-electron chi connectivity index (χ4n) is 9.05. The number of rotatable bonds is 3. The fourth-order valence-corrected chi connectivity index (χ4v) is 12.1. The van der Waals surface area contributed by atoms with Gasteiger partial charge >= 0.3 is 0 Å². The molecular weight excluding hydrogens is 617 g/mol. The Balaban J connectivity index is 1.28. The second-order valence-corrected chi connectivity index (χ2v) is 19.3. The third-order valence-corrected chi connectivity index (χ3v) is 15.1. The van der Waals surface area contributed by atoms with E-state index in [4.69, 9.17) is 0 Å². The van der Waals surface area contributed by atoms with E-state index >= 15 is 0 Å². The van der Waals surface area contributed by atoms with E-state index in [1.54, 1.807) is 10.4 Å². The van der Waals surface area contributed by atoms with Gasteiger partial charge < -0.3 is 0 Å². The first kappa shape index (κ1) is 29.4. The summed E-state index contributed by atoms with van der Waals surface area (Å²) in [4.78, 5) is 0. The van der Waals surface area contributed by atoms with Crippen molar-refractivity contribution in [3.8, 4) is 44.5 Å². The molecule has 1 aliphatic heterocycles. The van der Waals surface area contributed by atoms with Crippen LogP contribution in [-0.2, 0) is 6.42 Å². The summed E-state index contributed by atoms with van der Waals surface area (Å²) < 4.78 is 0. The lowest BCUT2D eigenvalue weighted by atomic mass is 9.77. The summed E-state index contributed by atoms with van der Waals surface area (Å²) in [6.07, 6.45) is 5.89. The molecule has 1 unspecified atom stereocenters. The molecule has 10 rings (SSSR count). The Morgan fingerprint density at radius 2 is 1.16 bits per heavy atom. The lowest BCUT2D eigenvalue weighted by molar-refractivity contribution is 0.719. The first-order valence-corrected chi connectivity index (χ1v) is 21.0. The topological polar surface area (TPSA) is 0 Å². The zero-order valence-electron chi connectivity index (χ0n) is 28.8. The van der Waals surface area contributed by atoms with E-state index in [1.165, 1.54) is 88.0 Å². The molecule has 2 aliphatic rings. The van der Waals surface area contributed by atoms with Crippen molar-refractivity contribution >= 4 is 56.8 Å². The molecule has 0 N–H and O–H groups in total. The van der Waals surface area contributed by atoms with Gasteiger partial charge in [0.05, 0.1) is 0 Å². The van der Waals surface area contributed by atoms with Crippen LogP contribution in [0.2, 0.25) is 13.1 Å². The second-order valence-electron chi connectivity index (χ2n) is 15.0. The van der Waals surface area contributed by atoms with Gasteiger partial charge in [-0.05, 0) is 123 Å². The molecule has 1 heteroatoms. The van der Waals surface area contributed by atoms with Gasteiger partial charge in [-0.2, -0.15) is 0 Å². The van der Waals surface area contributed by atoms with Crippen molar-refractivity contribution in [3.63, 3.8) is 0 Å². The molecule has 1 aliphatic carbocycles. The summed E-state index contributed by atoms with van der Waals surface area (Å²) in [6.45, 7) is 7.48. The molecule has 1 atom stereocenters. The van der Waals surface area contributed by atoms with Crippen molar-refractivity contribution in [1.29, 1.82) is 0 Å². The molecule has 8 aromatic rings. The third-order valence-electron chi connectivity index (χ3n) is 11.6. The van der Waals surface area contributed by atoms with E-state index in [-0.39, 0.29) is 0 Å². The highest BCUT2D eigenvalue weighted by Gasteiger charge is 2.39. The van der Waals surface area contributed by atoms with Gasteiger partial charge in [-0.15, -0.1) is 0 Å². The van der Waals surface area contributed by atoms with Crippen molar-refractivity contribution in [3.05, 3.63) is 163 Å². The molecule has 1 heterocycles. The number of hydrogen-bond acceptors (Lipinski definition) is 0. The van der Waals surface area contributed by atoms with Crippen LogP contribution >= 0.6 is 0 Å². The highest BCUT2D eigenvalue weighted by molar-refractivity contribution is 7.04. The molecule has 0 saturated carbocycles. The predicted octanol–water partition coefficient (Wildman–Crippen LogP) is 12.2. The van der Waals surface area contributed by atoms with E-state index < -0.39 is 8.07 Å². The van der Waals surface area contributed by atoms with Gasteiger partial charge in [0.2, 0.25) is 0 Å². The van der Waals surface area contributed by atoms with Crippen LogP contribution in [0.15, 0.2) is 152 Å². The Morgan fingerprint density at radius 1 is 0.480 bits per heavy atom. The van der Waals surface area contributed by atoms with Gasteiger partial charge in [0.15, 0.2) is 0 Å². The van der Waals surface area contributed by atoms with Crippen molar-refractivity contribution in [2.75, 3.05) is 0 Å². The lowest BCUT2D eigenvalue weighted by Gasteiger charge is -2.28. The molecule has 0 saturated heterocycles. The van der Waals surface area contributed by atoms with Crippen LogP contribution in [0.3, 0.4) is 0 Å². The zero-order valence-corrected chi connectivity index (χ0v) is 29.8. The molecule has 0 fully saturated rings. The first-order valence-electron chi connectivity index (χ1n) is 18.0. The van der Waals surface area contributed by atoms with E-state index in [9.17, 15) is 0 Å². The quantitative estimate of drug-likeness (QED) is 0.166. The molecule has 0 bridgehead atoms. The summed E-state index contributed by atoms with van der Waals surface area (Å²) in [5.74, 6) is 0.487. The molecule has 8 aromatic carbocycles. The maximum Gasteiger partial charge on any atom is 0.113 e. The van der Waals surface area contributed by atoms with Gasteiger partial charge in [-0.3, -0.25) is 0 Å². The molecule has 50 heavy (non-hydrogen) atoms. The van der Waals surface area contributed by atoms with Crippen molar-refractivity contribution in [1.82, 2.24) is 0 Å². The fraction of sp³-hybridized carbons (Fsp3) is 0.102. The average molecular weight is 655 g/mol. The molecule has 0 amide bonds. The largest absolute Gasteiger partial charge is 0.113 e. The van der Waals surface area contributed by atoms with Crippen molar-refractivity contribution in [2.45, 2.75) is 26.4 Å².